The van der Waals surface area contributed by atoms with E-state index in [-0.39, 0.29) is 12.3 Å². The Morgan fingerprint density at radius 2 is 2.07 bits per heavy atom. The van der Waals surface area contributed by atoms with Crippen molar-refractivity contribution in [3.8, 4) is 0 Å². The Labute approximate surface area is 83.8 Å². The molecule has 0 spiro atoms. The Bertz CT molecular complexity index is 285. The van der Waals surface area contributed by atoms with Crippen LogP contribution in [0.5, 0.6) is 0 Å². The van der Waals surface area contributed by atoms with Crippen LogP contribution in [0.4, 0.5) is 0 Å². The number of amides is 1. The molecule has 2 N–H and O–H groups in total. The monoisotopic (exact) mass is 193 g/mol. The summed E-state index contributed by atoms with van der Waals surface area (Å²) in [6, 6.07) is 9.18. The second-order valence-corrected chi connectivity index (χ2v) is 3.08. The molecule has 1 atom stereocenters. The third-order valence-electron chi connectivity index (χ3n) is 1.94. The van der Waals surface area contributed by atoms with Crippen LogP contribution in [0, 0.1) is 0 Å². The smallest absolute Gasteiger partial charge is 0.222 e. The zero-order valence-electron chi connectivity index (χ0n) is 8.23. The number of aliphatic hydroxyl groups is 1. The summed E-state index contributed by atoms with van der Waals surface area (Å²) < 4.78 is 0. The lowest BCUT2D eigenvalue weighted by molar-refractivity contribution is -0.122. The van der Waals surface area contributed by atoms with Gasteiger partial charge in [0.25, 0.3) is 0 Å². The fraction of sp³-hybridized carbons (Fsp3) is 0.364. The summed E-state index contributed by atoms with van der Waals surface area (Å²) in [4.78, 5) is 11.2. The summed E-state index contributed by atoms with van der Waals surface area (Å²) in [7, 11) is 0. The standard InChI is InChI=1S/C11H15NO2/c1-2-12-11(14)8-10(13)9-6-4-3-5-7-9/h3-7,10,13H,2,8H2,1H3,(H,12,14)/t10-/m1/s1. The molecule has 0 aliphatic carbocycles. The third-order valence-corrected chi connectivity index (χ3v) is 1.94. The van der Waals surface area contributed by atoms with Gasteiger partial charge in [-0.15, -0.1) is 0 Å². The predicted octanol–water partition coefficient (Wildman–Crippen LogP) is 1.25. The Hall–Kier alpha value is -1.35. The van der Waals surface area contributed by atoms with Crippen LogP contribution < -0.4 is 5.32 Å². The molecule has 0 heterocycles. The molecule has 0 aliphatic heterocycles. The van der Waals surface area contributed by atoms with Gasteiger partial charge in [0.05, 0.1) is 12.5 Å². The van der Waals surface area contributed by atoms with Crippen LogP contribution in [0.25, 0.3) is 0 Å². The number of carbonyl (C=O) groups excluding carboxylic acids is 1. The Balaban J connectivity index is 2.50. The molecule has 0 unspecified atom stereocenters. The van der Waals surface area contributed by atoms with Gasteiger partial charge in [-0.1, -0.05) is 30.3 Å². The zero-order valence-corrected chi connectivity index (χ0v) is 8.23. The van der Waals surface area contributed by atoms with E-state index in [2.05, 4.69) is 5.32 Å². The number of nitrogens with one attached hydrogen (secondary N) is 1. The highest BCUT2D eigenvalue weighted by atomic mass is 16.3. The maximum atomic E-state index is 11.2. The van der Waals surface area contributed by atoms with Crippen molar-refractivity contribution in [1.82, 2.24) is 5.32 Å². The topological polar surface area (TPSA) is 49.3 Å². The quantitative estimate of drug-likeness (QED) is 0.756. The van der Waals surface area contributed by atoms with Crippen LogP contribution in [-0.4, -0.2) is 17.6 Å². The molecule has 0 saturated carbocycles. The van der Waals surface area contributed by atoms with E-state index < -0.39 is 6.10 Å². The van der Waals surface area contributed by atoms with E-state index in [1.165, 1.54) is 0 Å². The van der Waals surface area contributed by atoms with Gasteiger partial charge >= 0.3 is 0 Å². The maximum Gasteiger partial charge on any atom is 0.222 e. The van der Waals surface area contributed by atoms with Crippen LogP contribution in [0.1, 0.15) is 25.0 Å². The molecule has 14 heavy (non-hydrogen) atoms. The van der Waals surface area contributed by atoms with Gasteiger partial charge in [-0.2, -0.15) is 0 Å². The minimum atomic E-state index is -0.706. The van der Waals surface area contributed by atoms with Crippen molar-refractivity contribution < 1.29 is 9.90 Å². The molecule has 1 rings (SSSR count). The van der Waals surface area contributed by atoms with Gasteiger partial charge in [-0.05, 0) is 12.5 Å². The number of rotatable bonds is 4. The van der Waals surface area contributed by atoms with Crippen molar-refractivity contribution in [2.45, 2.75) is 19.4 Å². The predicted molar refractivity (Wildman–Crippen MR) is 54.7 cm³/mol. The number of hydrogen-bond acceptors (Lipinski definition) is 2. The van der Waals surface area contributed by atoms with Crippen LogP contribution in [0.2, 0.25) is 0 Å². The number of aliphatic hydroxyl groups excluding tert-OH is 1. The van der Waals surface area contributed by atoms with Gasteiger partial charge in [0, 0.05) is 6.54 Å². The van der Waals surface area contributed by atoms with Crippen molar-refractivity contribution in [1.29, 1.82) is 0 Å². The second-order valence-electron chi connectivity index (χ2n) is 3.08. The fourth-order valence-corrected chi connectivity index (χ4v) is 1.24. The van der Waals surface area contributed by atoms with Gasteiger partial charge in [0.15, 0.2) is 0 Å². The summed E-state index contributed by atoms with van der Waals surface area (Å²) in [6.45, 7) is 2.45. The number of benzene rings is 1. The molecule has 0 aliphatic rings. The first-order chi connectivity index (χ1) is 6.74. The highest BCUT2D eigenvalue weighted by Gasteiger charge is 2.11. The van der Waals surface area contributed by atoms with Gasteiger partial charge in [-0.25, -0.2) is 0 Å². The molecule has 3 heteroatoms. The molecular weight excluding hydrogens is 178 g/mol. The molecule has 1 aromatic carbocycles. The van der Waals surface area contributed by atoms with Crippen molar-refractivity contribution in [2.24, 2.45) is 0 Å². The minimum Gasteiger partial charge on any atom is -0.388 e. The molecule has 0 aromatic heterocycles. The van der Waals surface area contributed by atoms with Crippen molar-refractivity contribution in [3.63, 3.8) is 0 Å². The van der Waals surface area contributed by atoms with Crippen molar-refractivity contribution in [3.05, 3.63) is 35.9 Å². The molecule has 76 valence electrons. The summed E-state index contributed by atoms with van der Waals surface area (Å²) in [5, 5.41) is 12.3. The van der Waals surface area contributed by atoms with E-state index in [0.717, 1.165) is 5.56 Å². The van der Waals surface area contributed by atoms with Crippen molar-refractivity contribution >= 4 is 5.91 Å². The Morgan fingerprint density at radius 3 is 2.64 bits per heavy atom. The van der Waals surface area contributed by atoms with Gasteiger partial charge < -0.3 is 10.4 Å². The van der Waals surface area contributed by atoms with E-state index in [4.69, 9.17) is 0 Å². The summed E-state index contributed by atoms with van der Waals surface area (Å²) in [6.07, 6.45) is -0.583. The molecule has 0 saturated heterocycles. The van der Waals surface area contributed by atoms with E-state index in [1.54, 1.807) is 0 Å². The first-order valence-corrected chi connectivity index (χ1v) is 4.73. The maximum absolute atomic E-state index is 11.2. The minimum absolute atomic E-state index is 0.121. The van der Waals surface area contributed by atoms with Crippen LogP contribution >= 0.6 is 0 Å². The van der Waals surface area contributed by atoms with E-state index in [1.807, 2.05) is 37.3 Å². The summed E-state index contributed by atoms with van der Waals surface area (Å²) in [5.41, 5.74) is 0.777. The molecule has 0 fully saturated rings. The van der Waals surface area contributed by atoms with Crippen LogP contribution in [0.3, 0.4) is 0 Å². The van der Waals surface area contributed by atoms with E-state index in [9.17, 15) is 9.90 Å². The highest BCUT2D eigenvalue weighted by Crippen LogP contribution is 2.15. The second kappa shape index (κ2) is 5.40. The average molecular weight is 193 g/mol. The largest absolute Gasteiger partial charge is 0.388 e. The molecule has 0 radical (unpaired) electrons. The Morgan fingerprint density at radius 1 is 1.43 bits per heavy atom. The van der Waals surface area contributed by atoms with Gasteiger partial charge in [0.2, 0.25) is 5.91 Å². The SMILES string of the molecule is CCNC(=O)C[C@@H](O)c1ccccc1. The van der Waals surface area contributed by atoms with Gasteiger partial charge in [0.1, 0.15) is 0 Å². The first-order valence-electron chi connectivity index (χ1n) is 4.73. The number of hydrogen-bond donors (Lipinski definition) is 2. The van der Waals surface area contributed by atoms with Crippen LogP contribution in [-0.2, 0) is 4.79 Å². The van der Waals surface area contributed by atoms with Gasteiger partial charge in [-0.3, -0.25) is 4.79 Å². The lowest BCUT2D eigenvalue weighted by Gasteiger charge is -2.09. The van der Waals surface area contributed by atoms with E-state index in [0.29, 0.717) is 6.54 Å². The number of carbonyl (C=O) groups is 1. The summed E-state index contributed by atoms with van der Waals surface area (Å²) >= 11 is 0. The molecule has 1 aromatic rings. The first kappa shape index (κ1) is 10.7. The lowest BCUT2D eigenvalue weighted by Crippen LogP contribution is -2.24. The zero-order chi connectivity index (χ0) is 10.4. The normalized spacial score (nSPS) is 12.1. The lowest BCUT2D eigenvalue weighted by atomic mass is 10.1. The van der Waals surface area contributed by atoms with Crippen LogP contribution in [0.15, 0.2) is 30.3 Å². The molecule has 1 amide bonds. The highest BCUT2D eigenvalue weighted by molar-refractivity contribution is 5.76. The molecule has 0 bridgehead atoms. The van der Waals surface area contributed by atoms with Crippen molar-refractivity contribution in [2.75, 3.05) is 6.54 Å². The molecule has 3 nitrogen and oxygen atoms in total. The summed E-state index contributed by atoms with van der Waals surface area (Å²) in [5.74, 6) is -0.121. The molecular formula is C11H15NO2. The fourth-order valence-electron chi connectivity index (χ4n) is 1.24. The average Bonchev–Trinajstić information content (AvgIpc) is 2.19. The Kier molecular flexibility index (Phi) is 4.13. The third kappa shape index (κ3) is 3.18. The van der Waals surface area contributed by atoms with E-state index >= 15 is 0 Å².